The number of aliphatic hydroxyl groups excluding tert-OH is 6. The highest BCUT2D eigenvalue weighted by atomic mass is 32.1. The quantitative estimate of drug-likeness (QED) is 0.0379. The van der Waals surface area contributed by atoms with Gasteiger partial charge in [-0.15, -0.1) is 10.2 Å². The molecule has 0 bridgehead atoms. The van der Waals surface area contributed by atoms with Crippen LogP contribution in [-0.2, 0) is 39.9 Å². The van der Waals surface area contributed by atoms with Crippen LogP contribution in [0.25, 0.3) is 21.1 Å². The van der Waals surface area contributed by atoms with Gasteiger partial charge in [0.1, 0.15) is 52.0 Å². The Morgan fingerprint density at radius 2 is 1.36 bits per heavy atom. The molecule has 0 saturated carbocycles. The summed E-state index contributed by atoms with van der Waals surface area (Å²) in [6, 6.07) is 6.72. The molecule has 0 spiro atoms. The van der Waals surface area contributed by atoms with Crippen molar-refractivity contribution >= 4 is 52.7 Å². The number of aliphatic hydroxyl groups is 6. The number of methoxy groups -OCH3 is 1. The second-order valence-electron chi connectivity index (χ2n) is 23.1. The van der Waals surface area contributed by atoms with Crippen LogP contribution >= 0.6 is 11.3 Å². The molecule has 4 aromatic rings. The minimum Gasteiger partial charge on any atom is -0.504 e. The Bertz CT molecular complexity index is 3070. The third-order valence-electron chi connectivity index (χ3n) is 16.1. The summed E-state index contributed by atoms with van der Waals surface area (Å²) in [6.07, 6.45) is -7.23. The third kappa shape index (κ3) is 18.4. The molecule has 492 valence electrons. The summed E-state index contributed by atoms with van der Waals surface area (Å²) in [6.45, 7) is 4.01. The highest BCUT2D eigenvalue weighted by molar-refractivity contribution is 7.17. The maximum atomic E-state index is 14.7. The fourth-order valence-corrected chi connectivity index (χ4v) is 11.7. The molecule has 3 aliphatic rings. The number of carbonyl (C=O) groups is 7. The van der Waals surface area contributed by atoms with Crippen LogP contribution in [-0.4, -0.2) is 229 Å². The number of ether oxygens (including phenoxy) is 3. The van der Waals surface area contributed by atoms with Crippen molar-refractivity contribution in [2.45, 2.75) is 158 Å². The molecule has 7 rings (SSSR count). The number of phenolic OH excluding ortho intramolecular Hbond substituents is 1. The van der Waals surface area contributed by atoms with E-state index < -0.39 is 152 Å². The lowest BCUT2D eigenvalue weighted by atomic mass is 9.98. The molecular formula is C61H85N11O17S. The first-order chi connectivity index (χ1) is 43.0. The number of aromatic hydroxyl groups is 1. The van der Waals surface area contributed by atoms with Crippen molar-refractivity contribution in [3.63, 3.8) is 0 Å². The number of benzene rings is 3. The number of β-amino-alcohol motifs (C(OH)–C–C–N with tert-alkyl or cyclic N) is 1. The van der Waals surface area contributed by atoms with Gasteiger partial charge in [0, 0.05) is 68.6 Å². The number of fused-ring (bicyclic) bond motifs is 2. The Hall–Kier alpha value is -7.45. The van der Waals surface area contributed by atoms with Crippen molar-refractivity contribution in [3.8, 4) is 38.4 Å². The van der Waals surface area contributed by atoms with Gasteiger partial charge in [-0.2, -0.15) is 0 Å². The number of aromatic nitrogens is 2. The summed E-state index contributed by atoms with van der Waals surface area (Å²) < 4.78 is 16.9. The number of nitrogens with one attached hydrogen (secondary N) is 5. The van der Waals surface area contributed by atoms with Gasteiger partial charge in [0.15, 0.2) is 11.5 Å². The Kier molecular flexibility index (Phi) is 25.7. The van der Waals surface area contributed by atoms with Gasteiger partial charge >= 0.3 is 0 Å². The number of nitrogens with two attached hydrogens (primary N) is 2. The van der Waals surface area contributed by atoms with Crippen LogP contribution in [0.4, 0.5) is 0 Å². The van der Waals surface area contributed by atoms with Crippen molar-refractivity contribution in [1.29, 1.82) is 0 Å². The van der Waals surface area contributed by atoms with Crippen LogP contribution in [0.2, 0.25) is 0 Å². The van der Waals surface area contributed by atoms with E-state index in [-0.39, 0.29) is 61.4 Å². The van der Waals surface area contributed by atoms with Crippen molar-refractivity contribution in [1.82, 2.24) is 46.6 Å². The minimum absolute atomic E-state index is 0.00274. The number of hydrogen-bond donors (Lipinski definition) is 14. The summed E-state index contributed by atoms with van der Waals surface area (Å²) in [5, 5.41) is 101. The molecular weight excluding hydrogens is 1190 g/mol. The molecule has 0 aliphatic carbocycles. The molecule has 14 atom stereocenters. The second-order valence-corrected chi connectivity index (χ2v) is 24.1. The average molecular weight is 1280 g/mol. The number of hydrogen-bond acceptors (Lipinski definition) is 22. The van der Waals surface area contributed by atoms with Crippen LogP contribution < -0.4 is 47.5 Å². The van der Waals surface area contributed by atoms with E-state index in [9.17, 15) is 69.3 Å². The SMILES string of the molecule is COC(C)CCCCCOc1ccc(-c2nnc(-c3ccc(C(=O)N[C@H]4C[C@@H](O)CNC(=O)[C@@H]5[C@@H](O)[C@@H](C)CN5C(=O)[C@H]([C@H](O)CCN)NC(=O)[C@H]([C@H](O)Cc5ccc(O)c(OCCCN)c5)NC(=O)[C@@H]5C[C@@H](O)CN5C(=O)[C@H]([C@@H](C)O)NC4=O)cc3)s2)cc1. The van der Waals surface area contributed by atoms with Gasteiger partial charge in [0.2, 0.25) is 35.4 Å². The summed E-state index contributed by atoms with van der Waals surface area (Å²) >= 11 is 1.30. The second kappa shape index (κ2) is 33.0. The summed E-state index contributed by atoms with van der Waals surface area (Å²) in [5.41, 5.74) is 13.1. The molecule has 1 unspecified atom stereocenters. The van der Waals surface area contributed by atoms with Crippen molar-refractivity contribution in [3.05, 3.63) is 77.9 Å². The maximum absolute atomic E-state index is 14.7. The lowest BCUT2D eigenvalue weighted by Gasteiger charge is -2.34. The Labute approximate surface area is 525 Å². The minimum atomic E-state index is -2.04. The molecule has 16 N–H and O–H groups in total. The Morgan fingerprint density at radius 1 is 0.711 bits per heavy atom. The predicted molar refractivity (Wildman–Crippen MR) is 327 cm³/mol. The van der Waals surface area contributed by atoms with Crippen LogP contribution in [0.15, 0.2) is 66.7 Å². The van der Waals surface area contributed by atoms with Gasteiger partial charge in [-0.25, -0.2) is 0 Å². The summed E-state index contributed by atoms with van der Waals surface area (Å²) in [4.78, 5) is 103. The number of nitrogens with zero attached hydrogens (tertiary/aromatic N) is 4. The van der Waals surface area contributed by atoms with Gasteiger partial charge in [0.25, 0.3) is 5.91 Å². The Balaban J connectivity index is 1.15. The molecule has 1 aromatic heterocycles. The first-order valence-electron chi connectivity index (χ1n) is 30.3. The van der Waals surface area contributed by atoms with E-state index in [1.165, 1.54) is 48.6 Å². The predicted octanol–water partition coefficient (Wildman–Crippen LogP) is -1.42. The third-order valence-corrected chi connectivity index (χ3v) is 17.2. The van der Waals surface area contributed by atoms with Gasteiger partial charge in [-0.05, 0) is 113 Å². The van der Waals surface area contributed by atoms with Crippen LogP contribution in [0.3, 0.4) is 0 Å². The zero-order valence-corrected chi connectivity index (χ0v) is 51.6. The Morgan fingerprint density at radius 3 is 2.01 bits per heavy atom. The lowest BCUT2D eigenvalue weighted by Crippen LogP contribution is -2.64. The largest absolute Gasteiger partial charge is 0.504 e. The van der Waals surface area contributed by atoms with Gasteiger partial charge < -0.3 is 97.8 Å². The van der Waals surface area contributed by atoms with Crippen molar-refractivity contribution in [2.24, 2.45) is 17.4 Å². The lowest BCUT2D eigenvalue weighted by molar-refractivity contribution is -0.147. The standard InChI is InChI=1S/C61H85N11O17S/c1-32-30-72-51(52(32)79)57(84)64-29-39(74)27-42(65-53(80)36-11-13-37(14-12-36)58-69-70-59(90-58)38-15-17-41(18-16-38)88-23-7-5-6-9-33(2)87-4)54(81)66-48(34(3)73)60(85)71-31-40(75)28-43(71)55(82)67-49(56(83)68-50(61(72)86)45(77)20-22-63)46(78)25-35-10-19-44(76)47(26-35)89-24-8-21-62/h10-19,26,32-34,39-40,42-43,45-46,48-52,73-79H,5-9,20-25,27-31,62-63H2,1-4H3,(H,64,84)(H,65,80)(H,66,81)(H,67,82)(H,68,83)/t32-,33?,34+,39+,40+,42-,43-,45+,46+,48-,49-,50-,51-,52-/m0/s1. The van der Waals surface area contributed by atoms with Gasteiger partial charge in [-0.3, -0.25) is 33.6 Å². The molecule has 28 nitrogen and oxygen atoms in total. The zero-order valence-electron chi connectivity index (χ0n) is 50.8. The van der Waals surface area contributed by atoms with E-state index in [1.54, 1.807) is 19.2 Å². The first kappa shape index (κ1) is 70.0. The van der Waals surface area contributed by atoms with Crippen LogP contribution in [0.5, 0.6) is 17.2 Å². The number of rotatable bonds is 23. The molecule has 3 aliphatic heterocycles. The number of amides is 7. The van der Waals surface area contributed by atoms with Crippen LogP contribution in [0.1, 0.15) is 88.1 Å². The fraction of sp³-hybridized carbons (Fsp3) is 0.557. The molecule has 4 heterocycles. The van der Waals surface area contributed by atoms with Crippen molar-refractivity contribution < 1.29 is 83.5 Å². The maximum Gasteiger partial charge on any atom is 0.251 e. The van der Waals surface area contributed by atoms with E-state index in [0.29, 0.717) is 28.6 Å². The normalized spacial score (nSPS) is 25.3. The topological polar surface area (TPSA) is 433 Å². The van der Waals surface area contributed by atoms with E-state index in [2.05, 4.69) is 36.8 Å². The first-order valence-corrected chi connectivity index (χ1v) is 31.1. The van der Waals surface area contributed by atoms with Gasteiger partial charge in [-0.1, -0.05) is 42.9 Å². The molecule has 90 heavy (non-hydrogen) atoms. The highest BCUT2D eigenvalue weighted by Crippen LogP contribution is 2.33. The van der Waals surface area contributed by atoms with E-state index in [1.807, 2.05) is 31.2 Å². The van der Waals surface area contributed by atoms with Crippen LogP contribution in [0, 0.1) is 5.92 Å². The number of unbranched alkanes of at least 4 members (excludes halogenated alkanes) is 2. The fourth-order valence-electron chi connectivity index (χ4n) is 10.9. The van der Waals surface area contributed by atoms with E-state index >= 15 is 0 Å². The number of carbonyl (C=O) groups excluding carboxylic acids is 7. The summed E-state index contributed by atoms with van der Waals surface area (Å²) in [5.74, 6) is -7.88. The van der Waals surface area contributed by atoms with Crippen molar-refractivity contribution in [2.75, 3.05) is 53.0 Å². The van der Waals surface area contributed by atoms with E-state index in [4.69, 9.17) is 25.7 Å². The van der Waals surface area contributed by atoms with Gasteiger partial charge in [0.05, 0.1) is 55.9 Å². The average Bonchev–Trinajstić information content (AvgIpc) is 1.89. The molecule has 3 saturated heterocycles. The van der Waals surface area contributed by atoms with E-state index in [0.717, 1.165) is 53.7 Å². The summed E-state index contributed by atoms with van der Waals surface area (Å²) in [7, 11) is 1.71. The monoisotopic (exact) mass is 1280 g/mol. The smallest absolute Gasteiger partial charge is 0.251 e. The zero-order chi connectivity index (χ0) is 65.3. The molecule has 0 radical (unpaired) electrons. The molecule has 3 aromatic carbocycles. The molecule has 3 fully saturated rings. The highest BCUT2D eigenvalue weighted by Gasteiger charge is 2.50. The molecule has 29 heteroatoms. The molecule has 7 amide bonds. The number of phenols is 1.